The lowest BCUT2D eigenvalue weighted by Gasteiger charge is -2.23. The van der Waals surface area contributed by atoms with Crippen LogP contribution in [0.5, 0.6) is 0 Å². The molecule has 3 heterocycles. The van der Waals surface area contributed by atoms with Gasteiger partial charge in [-0.25, -0.2) is 27.7 Å². The molecule has 2 amide bonds. The Morgan fingerprint density at radius 1 is 1.00 bits per heavy atom. The van der Waals surface area contributed by atoms with Gasteiger partial charge < -0.3 is 25.7 Å². The van der Waals surface area contributed by atoms with Crippen molar-refractivity contribution in [2.75, 3.05) is 18.0 Å². The summed E-state index contributed by atoms with van der Waals surface area (Å²) in [4.78, 5) is 66.2. The smallest absolute Gasteiger partial charge is 0.341 e. The standard InChI is InChI=1S/C29H28F3N5O7/c1-12(2)23(29(43)44)33-21(38)5-6-22(39)34-24-15-9-36(10-16(15)24)27-19(32)8-14-25(40)17(28(41)42)11-37(26(14)35-27)20-4-3-13(30)7-18(20)31/h3-4,7-8,11-12,15-16,23-24H,5-6,9-10H2,1-2H3,(H,33,38)(H,34,39)(H,41,42)(H,43,44)/t15-,16+,23?,24+. The predicted molar refractivity (Wildman–Crippen MR) is 149 cm³/mol. The Kier molecular flexibility index (Phi) is 8.05. The van der Waals surface area contributed by atoms with E-state index in [1.807, 2.05) is 0 Å². The van der Waals surface area contributed by atoms with Crippen molar-refractivity contribution in [3.63, 3.8) is 0 Å². The Labute approximate surface area is 247 Å². The number of hydrogen-bond donors (Lipinski definition) is 4. The van der Waals surface area contributed by atoms with E-state index < -0.39 is 63.6 Å². The summed E-state index contributed by atoms with van der Waals surface area (Å²) in [6.07, 6.45) is 0.519. The van der Waals surface area contributed by atoms with E-state index in [0.717, 1.165) is 29.0 Å². The van der Waals surface area contributed by atoms with E-state index in [4.69, 9.17) is 0 Å². The van der Waals surface area contributed by atoms with Gasteiger partial charge in [-0.1, -0.05) is 13.8 Å². The van der Waals surface area contributed by atoms with Gasteiger partial charge >= 0.3 is 11.9 Å². The number of halogens is 3. The molecule has 1 aliphatic heterocycles. The van der Waals surface area contributed by atoms with Gasteiger partial charge in [0.2, 0.25) is 17.2 Å². The molecule has 2 aliphatic rings. The SMILES string of the molecule is CC(C)C(NC(=O)CCC(=O)N[C@H]1[C@@H]2CN(c3nc4c(cc3F)c(=O)c(C(=O)O)cn4-c3ccc(F)cc3F)C[C@@H]21)C(=O)O. The van der Waals surface area contributed by atoms with Crippen LogP contribution >= 0.6 is 0 Å². The summed E-state index contributed by atoms with van der Waals surface area (Å²) < 4.78 is 44.6. The number of carbonyl (C=O) groups is 4. The zero-order chi connectivity index (χ0) is 32.0. The topological polar surface area (TPSA) is 171 Å². The van der Waals surface area contributed by atoms with Crippen molar-refractivity contribution >= 4 is 40.6 Å². The summed E-state index contributed by atoms with van der Waals surface area (Å²) in [7, 11) is 0. The van der Waals surface area contributed by atoms with E-state index in [9.17, 15) is 43.0 Å². The minimum absolute atomic E-state index is 0.0619. The van der Waals surface area contributed by atoms with Crippen LogP contribution in [0.3, 0.4) is 0 Å². The van der Waals surface area contributed by atoms with Crippen LogP contribution in [-0.2, 0) is 14.4 Å². The molecule has 1 saturated carbocycles. The van der Waals surface area contributed by atoms with Crippen LogP contribution in [0.15, 0.2) is 35.3 Å². The summed E-state index contributed by atoms with van der Waals surface area (Å²) in [5.74, 6) is -7.20. The molecule has 1 aliphatic carbocycles. The number of amides is 2. The van der Waals surface area contributed by atoms with Crippen molar-refractivity contribution in [2.24, 2.45) is 17.8 Å². The highest BCUT2D eigenvalue weighted by molar-refractivity contribution is 5.93. The number of anilines is 1. The van der Waals surface area contributed by atoms with Crippen LogP contribution < -0.4 is 21.0 Å². The molecule has 4 N–H and O–H groups in total. The van der Waals surface area contributed by atoms with Gasteiger partial charge in [0, 0.05) is 56.1 Å². The first kappa shape index (κ1) is 30.5. The predicted octanol–water partition coefficient (Wildman–Crippen LogP) is 2.06. The first-order valence-electron chi connectivity index (χ1n) is 13.8. The number of aromatic carboxylic acids is 1. The number of rotatable bonds is 10. The fourth-order valence-electron chi connectivity index (χ4n) is 5.61. The number of pyridine rings is 2. The number of carboxylic acid groups (broad SMARTS) is 2. The Morgan fingerprint density at radius 2 is 1.66 bits per heavy atom. The summed E-state index contributed by atoms with van der Waals surface area (Å²) in [5, 5.41) is 23.5. The molecular weight excluding hydrogens is 587 g/mol. The number of carbonyl (C=O) groups excluding carboxylic acids is 2. The normalized spacial score (nSPS) is 19.5. The van der Waals surface area contributed by atoms with Crippen LogP contribution in [0, 0.1) is 35.2 Å². The van der Waals surface area contributed by atoms with Crippen LogP contribution in [0.25, 0.3) is 16.7 Å². The third-order valence-corrected chi connectivity index (χ3v) is 7.96. The van der Waals surface area contributed by atoms with Gasteiger partial charge in [0.25, 0.3) is 0 Å². The van der Waals surface area contributed by atoms with Gasteiger partial charge in [0.05, 0.1) is 11.1 Å². The fraction of sp³-hybridized carbons (Fsp3) is 0.379. The van der Waals surface area contributed by atoms with Crippen molar-refractivity contribution in [3.8, 4) is 5.69 Å². The molecule has 3 aromatic rings. The molecule has 1 aromatic carbocycles. The Hall–Kier alpha value is -4.95. The van der Waals surface area contributed by atoms with E-state index in [0.29, 0.717) is 6.07 Å². The summed E-state index contributed by atoms with van der Waals surface area (Å²) >= 11 is 0. The van der Waals surface area contributed by atoms with Crippen molar-refractivity contribution in [1.82, 2.24) is 20.2 Å². The van der Waals surface area contributed by atoms with Gasteiger partial charge in [-0.2, -0.15) is 0 Å². The number of nitrogens with one attached hydrogen (secondary N) is 2. The highest BCUT2D eigenvalue weighted by Gasteiger charge is 2.57. The maximum absolute atomic E-state index is 15.3. The lowest BCUT2D eigenvalue weighted by molar-refractivity contribution is -0.143. The molecule has 1 unspecified atom stereocenters. The second-order valence-electron chi connectivity index (χ2n) is 11.3. The molecule has 0 spiro atoms. The number of hydrogen-bond acceptors (Lipinski definition) is 7. The molecule has 12 nitrogen and oxygen atoms in total. The first-order valence-corrected chi connectivity index (χ1v) is 13.8. The molecule has 4 atom stereocenters. The van der Waals surface area contributed by atoms with Gasteiger partial charge in [-0.3, -0.25) is 19.0 Å². The van der Waals surface area contributed by atoms with Crippen LogP contribution in [0.4, 0.5) is 19.0 Å². The highest BCUT2D eigenvalue weighted by atomic mass is 19.1. The molecule has 232 valence electrons. The molecule has 0 radical (unpaired) electrons. The molecule has 1 saturated heterocycles. The molecule has 15 heteroatoms. The van der Waals surface area contributed by atoms with Crippen LogP contribution in [0.2, 0.25) is 0 Å². The minimum atomic E-state index is -1.62. The van der Waals surface area contributed by atoms with Crippen molar-refractivity contribution in [1.29, 1.82) is 0 Å². The second-order valence-corrected chi connectivity index (χ2v) is 11.3. The lowest BCUT2D eigenvalue weighted by Crippen LogP contribution is -2.44. The molecule has 2 fully saturated rings. The summed E-state index contributed by atoms with van der Waals surface area (Å²) in [6.45, 7) is 3.87. The minimum Gasteiger partial charge on any atom is -0.480 e. The Balaban J connectivity index is 1.30. The average molecular weight is 616 g/mol. The third-order valence-electron chi connectivity index (χ3n) is 7.96. The van der Waals surface area contributed by atoms with Gasteiger partial charge in [-0.05, 0) is 24.1 Å². The first-order chi connectivity index (χ1) is 20.8. The van der Waals surface area contributed by atoms with E-state index in [-0.39, 0.29) is 66.9 Å². The van der Waals surface area contributed by atoms with E-state index in [1.54, 1.807) is 18.7 Å². The van der Waals surface area contributed by atoms with Gasteiger partial charge in [0.1, 0.15) is 23.2 Å². The second kappa shape index (κ2) is 11.6. The lowest BCUT2D eigenvalue weighted by atomic mass is 10.0. The number of aliphatic carboxylic acids is 1. The third kappa shape index (κ3) is 5.81. The summed E-state index contributed by atoms with van der Waals surface area (Å²) in [5.41, 5.74) is -2.30. The molecule has 5 rings (SSSR count). The number of benzene rings is 1. The average Bonchev–Trinajstić information content (AvgIpc) is 3.36. The molecule has 44 heavy (non-hydrogen) atoms. The largest absolute Gasteiger partial charge is 0.480 e. The molecule has 0 bridgehead atoms. The van der Waals surface area contributed by atoms with Crippen LogP contribution in [0.1, 0.15) is 37.0 Å². The Morgan fingerprint density at radius 3 is 2.25 bits per heavy atom. The number of piperidine rings is 1. The number of fused-ring (bicyclic) bond motifs is 2. The highest BCUT2D eigenvalue weighted by Crippen LogP contribution is 2.47. The zero-order valence-electron chi connectivity index (χ0n) is 23.5. The quantitative estimate of drug-likeness (QED) is 0.267. The zero-order valence-corrected chi connectivity index (χ0v) is 23.5. The van der Waals surface area contributed by atoms with Crippen LogP contribution in [-0.4, -0.2) is 68.7 Å². The van der Waals surface area contributed by atoms with Gasteiger partial charge in [0.15, 0.2) is 17.3 Å². The molecule has 2 aromatic heterocycles. The number of nitrogens with zero attached hydrogens (tertiary/aromatic N) is 3. The monoisotopic (exact) mass is 615 g/mol. The number of carboxylic acids is 2. The maximum atomic E-state index is 15.3. The van der Waals surface area contributed by atoms with E-state index in [2.05, 4.69) is 15.6 Å². The van der Waals surface area contributed by atoms with Crippen molar-refractivity contribution in [3.05, 3.63) is 63.7 Å². The van der Waals surface area contributed by atoms with E-state index in [1.165, 1.54) is 0 Å². The summed E-state index contributed by atoms with van der Waals surface area (Å²) in [6, 6.07) is 2.12. The van der Waals surface area contributed by atoms with Gasteiger partial charge in [-0.15, -0.1) is 0 Å². The van der Waals surface area contributed by atoms with Crippen molar-refractivity contribution < 1.29 is 42.6 Å². The van der Waals surface area contributed by atoms with E-state index >= 15 is 4.39 Å². The fourth-order valence-corrected chi connectivity index (χ4v) is 5.61. The Bertz CT molecular complexity index is 1750. The molecular formula is C29H28F3N5O7. The van der Waals surface area contributed by atoms with Crippen molar-refractivity contribution in [2.45, 2.75) is 38.8 Å². The maximum Gasteiger partial charge on any atom is 0.341 e. The number of aromatic nitrogens is 2.